The van der Waals surface area contributed by atoms with Crippen LogP contribution in [-0.4, -0.2) is 5.91 Å². The monoisotopic (exact) mass is 304 g/mol. The average Bonchev–Trinajstić information content (AvgIpc) is 2.41. The van der Waals surface area contributed by atoms with E-state index in [0.29, 0.717) is 11.3 Å². The molecule has 0 aliphatic rings. The highest BCUT2D eigenvalue weighted by Gasteiger charge is 2.15. The molecule has 2 aromatic carbocycles. The summed E-state index contributed by atoms with van der Waals surface area (Å²) >= 11 is 12.0. The number of nitrogens with one attached hydrogen (secondary N) is 1. The summed E-state index contributed by atoms with van der Waals surface area (Å²) in [5.74, 6) is -0.404. The fourth-order valence-electron chi connectivity index (χ4n) is 1.73. The number of anilines is 1. The van der Waals surface area contributed by atoms with Gasteiger partial charge in [0, 0.05) is 5.69 Å². The molecule has 0 aliphatic heterocycles. The number of amides is 1. The van der Waals surface area contributed by atoms with Gasteiger partial charge in [-0.3, -0.25) is 4.79 Å². The molecule has 100 valence electrons. The Bertz CT molecular complexity index is 700. The van der Waals surface area contributed by atoms with E-state index in [1.54, 1.807) is 36.4 Å². The quantitative estimate of drug-likeness (QED) is 0.892. The molecule has 2 rings (SSSR count). The molecule has 0 unspecified atom stereocenters. The minimum Gasteiger partial charge on any atom is -0.322 e. The summed E-state index contributed by atoms with van der Waals surface area (Å²) in [6.07, 6.45) is 0. The summed E-state index contributed by atoms with van der Waals surface area (Å²) in [4.78, 5) is 12.2. The molecule has 1 N–H and O–H groups in total. The number of hydrogen-bond donors (Lipinski definition) is 1. The van der Waals surface area contributed by atoms with E-state index in [-0.39, 0.29) is 15.6 Å². The van der Waals surface area contributed by atoms with Gasteiger partial charge < -0.3 is 5.32 Å². The zero-order valence-corrected chi connectivity index (χ0v) is 12.1. The molecule has 5 heteroatoms. The van der Waals surface area contributed by atoms with Gasteiger partial charge >= 0.3 is 0 Å². The highest BCUT2D eigenvalue weighted by molar-refractivity contribution is 6.40. The van der Waals surface area contributed by atoms with E-state index in [9.17, 15) is 4.79 Å². The summed E-state index contributed by atoms with van der Waals surface area (Å²) in [6.45, 7) is 1.84. The van der Waals surface area contributed by atoms with Gasteiger partial charge in [-0.25, -0.2) is 0 Å². The largest absolute Gasteiger partial charge is 0.322 e. The first kappa shape index (κ1) is 14.4. The zero-order chi connectivity index (χ0) is 14.7. The molecule has 0 heterocycles. The number of aryl methyl sites for hydroxylation is 1. The third-order valence-corrected chi connectivity index (χ3v) is 3.43. The lowest BCUT2D eigenvalue weighted by Gasteiger charge is -2.10. The van der Waals surface area contributed by atoms with Crippen molar-refractivity contribution in [3.63, 3.8) is 0 Å². The molecule has 1 amide bonds. The molecule has 0 aromatic heterocycles. The second-order valence-corrected chi connectivity index (χ2v) is 5.01. The van der Waals surface area contributed by atoms with Crippen molar-refractivity contribution in [1.82, 2.24) is 0 Å². The highest BCUT2D eigenvalue weighted by Crippen LogP contribution is 2.26. The number of benzene rings is 2. The van der Waals surface area contributed by atoms with Crippen LogP contribution in [0.3, 0.4) is 0 Å². The van der Waals surface area contributed by atoms with Gasteiger partial charge in [0.15, 0.2) is 0 Å². The van der Waals surface area contributed by atoms with Crippen LogP contribution in [-0.2, 0) is 0 Å². The van der Waals surface area contributed by atoms with Crippen molar-refractivity contribution in [3.05, 3.63) is 63.1 Å². The number of nitriles is 1. The minimum absolute atomic E-state index is 0.220. The van der Waals surface area contributed by atoms with Gasteiger partial charge in [-0.1, -0.05) is 35.3 Å². The summed E-state index contributed by atoms with van der Waals surface area (Å²) in [6, 6.07) is 12.0. The van der Waals surface area contributed by atoms with E-state index < -0.39 is 5.91 Å². The van der Waals surface area contributed by atoms with Crippen molar-refractivity contribution in [1.29, 1.82) is 5.26 Å². The first-order valence-corrected chi connectivity index (χ1v) is 6.54. The minimum atomic E-state index is -0.404. The normalized spacial score (nSPS) is 9.90. The van der Waals surface area contributed by atoms with E-state index in [4.69, 9.17) is 28.5 Å². The summed E-state index contributed by atoms with van der Waals surface area (Å²) < 4.78 is 0. The van der Waals surface area contributed by atoms with Crippen molar-refractivity contribution >= 4 is 34.8 Å². The molecule has 0 saturated heterocycles. The molecule has 0 atom stereocenters. The second kappa shape index (κ2) is 5.96. The Hall–Kier alpha value is -2.02. The van der Waals surface area contributed by atoms with Crippen LogP contribution in [0.2, 0.25) is 10.0 Å². The van der Waals surface area contributed by atoms with Crippen molar-refractivity contribution in [2.45, 2.75) is 6.92 Å². The van der Waals surface area contributed by atoms with Crippen molar-refractivity contribution < 1.29 is 4.79 Å². The summed E-state index contributed by atoms with van der Waals surface area (Å²) in [5.41, 5.74) is 2.10. The number of carbonyl (C=O) groups excluding carboxylic acids is 1. The lowest BCUT2D eigenvalue weighted by Crippen LogP contribution is -2.14. The number of nitrogens with zero attached hydrogens (tertiary/aromatic N) is 1. The fraction of sp³-hybridized carbons (Fsp3) is 0.0667. The molecular weight excluding hydrogens is 295 g/mol. The van der Waals surface area contributed by atoms with Crippen LogP contribution in [0.4, 0.5) is 5.69 Å². The average molecular weight is 305 g/mol. The molecular formula is C15H10Cl2N2O. The number of rotatable bonds is 2. The van der Waals surface area contributed by atoms with Crippen LogP contribution in [0.15, 0.2) is 36.4 Å². The van der Waals surface area contributed by atoms with Crippen LogP contribution in [0, 0.1) is 18.3 Å². The Kier molecular flexibility index (Phi) is 4.29. The lowest BCUT2D eigenvalue weighted by molar-refractivity contribution is 0.102. The highest BCUT2D eigenvalue weighted by atomic mass is 35.5. The van der Waals surface area contributed by atoms with E-state index in [2.05, 4.69) is 5.32 Å². The van der Waals surface area contributed by atoms with Crippen LogP contribution in [0.1, 0.15) is 21.5 Å². The van der Waals surface area contributed by atoms with Crippen LogP contribution in [0.25, 0.3) is 0 Å². The molecule has 0 spiro atoms. The summed E-state index contributed by atoms with van der Waals surface area (Å²) in [5, 5.41) is 12.2. The van der Waals surface area contributed by atoms with E-state index in [1.807, 2.05) is 13.0 Å². The first-order valence-electron chi connectivity index (χ1n) is 5.79. The second-order valence-electron chi connectivity index (χ2n) is 4.19. The predicted molar refractivity (Wildman–Crippen MR) is 80.3 cm³/mol. The maximum atomic E-state index is 12.2. The third-order valence-electron chi connectivity index (χ3n) is 2.80. The molecule has 2 aromatic rings. The van der Waals surface area contributed by atoms with Crippen LogP contribution < -0.4 is 5.32 Å². The molecule has 0 saturated carbocycles. The maximum absolute atomic E-state index is 12.2. The SMILES string of the molecule is Cc1ccc(C#N)cc1NC(=O)c1c(Cl)cccc1Cl. The smallest absolute Gasteiger partial charge is 0.258 e. The van der Waals surface area contributed by atoms with Gasteiger partial charge in [-0.05, 0) is 36.8 Å². The van der Waals surface area contributed by atoms with E-state index in [1.165, 1.54) is 0 Å². The molecule has 0 bridgehead atoms. The van der Waals surface area contributed by atoms with Crippen LogP contribution in [0.5, 0.6) is 0 Å². The van der Waals surface area contributed by atoms with Gasteiger partial charge in [-0.2, -0.15) is 5.26 Å². The molecule has 0 radical (unpaired) electrons. The fourth-order valence-corrected chi connectivity index (χ4v) is 2.29. The molecule has 20 heavy (non-hydrogen) atoms. The van der Waals surface area contributed by atoms with E-state index >= 15 is 0 Å². The Labute approximate surface area is 126 Å². The molecule has 0 fully saturated rings. The zero-order valence-electron chi connectivity index (χ0n) is 10.6. The number of carbonyl (C=O) groups is 1. The topological polar surface area (TPSA) is 52.9 Å². The Morgan fingerprint density at radius 2 is 1.85 bits per heavy atom. The first-order chi connectivity index (χ1) is 9.52. The van der Waals surface area contributed by atoms with Crippen molar-refractivity contribution in [2.75, 3.05) is 5.32 Å². The maximum Gasteiger partial charge on any atom is 0.258 e. The van der Waals surface area contributed by atoms with E-state index in [0.717, 1.165) is 5.56 Å². The molecule has 3 nitrogen and oxygen atoms in total. The predicted octanol–water partition coefficient (Wildman–Crippen LogP) is 4.43. The van der Waals surface area contributed by atoms with Gasteiger partial charge in [0.25, 0.3) is 5.91 Å². The summed E-state index contributed by atoms with van der Waals surface area (Å²) in [7, 11) is 0. The van der Waals surface area contributed by atoms with Crippen molar-refractivity contribution in [2.24, 2.45) is 0 Å². The third kappa shape index (κ3) is 2.93. The van der Waals surface area contributed by atoms with Gasteiger partial charge in [0.1, 0.15) is 0 Å². The van der Waals surface area contributed by atoms with Gasteiger partial charge in [-0.15, -0.1) is 0 Å². The van der Waals surface area contributed by atoms with Crippen molar-refractivity contribution in [3.8, 4) is 6.07 Å². The van der Waals surface area contributed by atoms with Gasteiger partial charge in [0.05, 0.1) is 27.2 Å². The standard InChI is InChI=1S/C15H10Cl2N2O/c1-9-5-6-10(8-18)7-13(9)19-15(20)14-11(16)3-2-4-12(14)17/h2-7H,1H3,(H,19,20). The molecule has 0 aliphatic carbocycles. The Morgan fingerprint density at radius 3 is 2.45 bits per heavy atom. The lowest BCUT2D eigenvalue weighted by atomic mass is 10.1. The Morgan fingerprint density at radius 1 is 1.20 bits per heavy atom. The van der Waals surface area contributed by atoms with Crippen LogP contribution >= 0.6 is 23.2 Å². The number of hydrogen-bond acceptors (Lipinski definition) is 2. The van der Waals surface area contributed by atoms with Gasteiger partial charge in [0.2, 0.25) is 0 Å². The Balaban J connectivity index is 2.36. The number of halogens is 2.